The van der Waals surface area contributed by atoms with Gasteiger partial charge in [0, 0.05) is 37.3 Å². The quantitative estimate of drug-likeness (QED) is 0.757. The zero-order valence-corrected chi connectivity index (χ0v) is 15.9. The van der Waals surface area contributed by atoms with Crippen molar-refractivity contribution in [1.29, 1.82) is 0 Å². The van der Waals surface area contributed by atoms with Crippen LogP contribution in [0.3, 0.4) is 0 Å². The van der Waals surface area contributed by atoms with Crippen LogP contribution in [-0.4, -0.2) is 54.6 Å². The first-order valence-electron chi connectivity index (χ1n) is 9.61. The molecule has 1 aromatic heterocycles. The van der Waals surface area contributed by atoms with E-state index >= 15 is 4.39 Å². The van der Waals surface area contributed by atoms with Crippen LogP contribution in [0.1, 0.15) is 29.2 Å². The van der Waals surface area contributed by atoms with Gasteiger partial charge < -0.3 is 24.7 Å². The summed E-state index contributed by atoms with van der Waals surface area (Å²) >= 11 is 0. The summed E-state index contributed by atoms with van der Waals surface area (Å²) in [5.41, 5.74) is 0.683. The van der Waals surface area contributed by atoms with Gasteiger partial charge >= 0.3 is 5.97 Å². The molecule has 0 unspecified atom stereocenters. The summed E-state index contributed by atoms with van der Waals surface area (Å²) in [6, 6.07) is 2.99. The molecule has 0 radical (unpaired) electrons. The minimum Gasteiger partial charge on any atom is -0.477 e. The predicted molar refractivity (Wildman–Crippen MR) is 105 cm³/mol. The first-order valence-corrected chi connectivity index (χ1v) is 9.61. The number of anilines is 1. The summed E-state index contributed by atoms with van der Waals surface area (Å²) < 4.78 is 16.9. The molecule has 9 heteroatoms. The molecule has 0 bridgehead atoms. The van der Waals surface area contributed by atoms with Crippen molar-refractivity contribution in [1.82, 2.24) is 9.88 Å². The van der Waals surface area contributed by atoms with E-state index in [1.165, 1.54) is 19.4 Å². The highest BCUT2D eigenvalue weighted by atomic mass is 19.1. The minimum atomic E-state index is -1.30. The molecule has 1 aromatic carbocycles. The second kappa shape index (κ2) is 6.28. The van der Waals surface area contributed by atoms with Crippen molar-refractivity contribution in [2.24, 2.45) is 10.6 Å². The minimum absolute atomic E-state index is 0.100. The summed E-state index contributed by atoms with van der Waals surface area (Å²) in [6.45, 7) is 2.57. The van der Waals surface area contributed by atoms with Gasteiger partial charge in [-0.05, 0) is 25.0 Å². The van der Waals surface area contributed by atoms with Gasteiger partial charge in [0.25, 0.3) is 0 Å². The molecule has 2 aromatic rings. The average Bonchev–Trinajstić information content (AvgIpc) is 3.42. The lowest BCUT2D eigenvalue weighted by Crippen LogP contribution is -2.58. The summed E-state index contributed by atoms with van der Waals surface area (Å²) in [4.78, 5) is 31.0. The molecular formula is C20H21FN4O4. The summed E-state index contributed by atoms with van der Waals surface area (Å²) in [5.74, 6) is -1.84. The van der Waals surface area contributed by atoms with E-state index in [9.17, 15) is 14.7 Å². The van der Waals surface area contributed by atoms with Crippen molar-refractivity contribution in [3.8, 4) is 0 Å². The Morgan fingerprint density at radius 1 is 1.38 bits per heavy atom. The molecule has 1 aliphatic carbocycles. The average molecular weight is 400 g/mol. The molecule has 5 rings (SSSR count). The van der Waals surface area contributed by atoms with Crippen LogP contribution in [0.5, 0.6) is 0 Å². The van der Waals surface area contributed by atoms with Crippen LogP contribution in [0, 0.1) is 11.2 Å². The maximum atomic E-state index is 15.1. The number of fused-ring (bicyclic) bond motifs is 1. The van der Waals surface area contributed by atoms with Crippen molar-refractivity contribution in [3.63, 3.8) is 0 Å². The number of pyridine rings is 1. The Hall–Kier alpha value is -2.94. The Morgan fingerprint density at radius 2 is 2.14 bits per heavy atom. The van der Waals surface area contributed by atoms with E-state index in [4.69, 9.17) is 4.84 Å². The summed E-state index contributed by atoms with van der Waals surface area (Å²) in [7, 11) is 1.50. The molecule has 2 saturated heterocycles. The van der Waals surface area contributed by atoms with E-state index in [0.29, 0.717) is 24.3 Å². The van der Waals surface area contributed by atoms with Gasteiger partial charge in [0.15, 0.2) is 0 Å². The van der Waals surface area contributed by atoms with Gasteiger partial charge in [-0.3, -0.25) is 4.79 Å². The number of aromatic nitrogens is 1. The number of carbonyl (C=O) groups is 1. The van der Waals surface area contributed by atoms with Gasteiger partial charge in [0.2, 0.25) is 5.43 Å². The number of benzene rings is 1. The summed E-state index contributed by atoms with van der Waals surface area (Å²) in [6.07, 6.45) is 3.21. The van der Waals surface area contributed by atoms with Gasteiger partial charge in [-0.25, -0.2) is 9.18 Å². The van der Waals surface area contributed by atoms with E-state index in [1.807, 2.05) is 9.47 Å². The molecular weight excluding hydrogens is 379 g/mol. The van der Waals surface area contributed by atoms with Crippen LogP contribution < -0.4 is 15.6 Å². The number of nitrogens with one attached hydrogen (secondary N) is 1. The highest BCUT2D eigenvalue weighted by Gasteiger charge is 2.49. The highest BCUT2D eigenvalue weighted by Crippen LogP contribution is 2.40. The fourth-order valence-corrected chi connectivity index (χ4v) is 4.42. The van der Waals surface area contributed by atoms with E-state index in [-0.39, 0.29) is 22.4 Å². The molecule has 3 fully saturated rings. The lowest BCUT2D eigenvalue weighted by molar-refractivity contribution is 0.0695. The fraction of sp³-hybridized carbons (Fsp3) is 0.450. The lowest BCUT2D eigenvalue weighted by atomic mass is 9.79. The molecule has 1 saturated carbocycles. The number of carboxylic acid groups (broad SMARTS) is 1. The van der Waals surface area contributed by atoms with Gasteiger partial charge in [0.05, 0.1) is 28.9 Å². The number of halogens is 1. The normalized spacial score (nSPS) is 21.7. The van der Waals surface area contributed by atoms with E-state index in [1.54, 1.807) is 6.07 Å². The third-order valence-electron chi connectivity index (χ3n) is 6.19. The van der Waals surface area contributed by atoms with E-state index < -0.39 is 17.2 Å². The van der Waals surface area contributed by atoms with Gasteiger partial charge in [-0.15, -0.1) is 0 Å². The third-order valence-corrected chi connectivity index (χ3v) is 6.19. The molecule has 152 valence electrons. The van der Waals surface area contributed by atoms with Gasteiger partial charge in [-0.1, -0.05) is 5.16 Å². The number of nitrogens with zero attached hydrogens (tertiary/aromatic N) is 3. The van der Waals surface area contributed by atoms with Crippen LogP contribution in [0.25, 0.3) is 10.9 Å². The highest BCUT2D eigenvalue weighted by molar-refractivity contribution is 5.99. The zero-order chi connectivity index (χ0) is 20.3. The molecule has 3 heterocycles. The molecule has 1 spiro atoms. The molecule has 0 atom stereocenters. The molecule has 3 aliphatic rings. The summed E-state index contributed by atoms with van der Waals surface area (Å²) in [5, 5.41) is 16.9. The van der Waals surface area contributed by atoms with Crippen molar-refractivity contribution in [3.05, 3.63) is 39.9 Å². The van der Waals surface area contributed by atoms with Crippen LogP contribution in [0.15, 0.2) is 28.3 Å². The van der Waals surface area contributed by atoms with Crippen LogP contribution in [0.4, 0.5) is 10.1 Å². The van der Waals surface area contributed by atoms with Crippen LogP contribution in [-0.2, 0) is 4.84 Å². The number of carboxylic acids is 1. The second-order valence-electron chi connectivity index (χ2n) is 8.10. The van der Waals surface area contributed by atoms with Crippen molar-refractivity contribution < 1.29 is 19.1 Å². The van der Waals surface area contributed by atoms with E-state index in [0.717, 1.165) is 31.6 Å². The van der Waals surface area contributed by atoms with Crippen molar-refractivity contribution in [2.75, 3.05) is 38.2 Å². The number of hydrogen-bond donors (Lipinski definition) is 2. The monoisotopic (exact) mass is 400 g/mol. The number of oxime groups is 1. The number of aromatic carboxylic acids is 1. The first kappa shape index (κ1) is 18.1. The maximum absolute atomic E-state index is 15.1. The fourth-order valence-electron chi connectivity index (χ4n) is 4.42. The Balaban J connectivity index is 1.65. The zero-order valence-electron chi connectivity index (χ0n) is 15.9. The smallest absolute Gasteiger partial charge is 0.341 e. The maximum Gasteiger partial charge on any atom is 0.341 e. The third kappa shape index (κ3) is 2.71. The largest absolute Gasteiger partial charge is 0.477 e. The standard InChI is InChI=1S/C20H21FN4O4/c1-29-23-17-7-24(10-20(17)8-22-9-20)16-5-15-12(4-14(16)21)18(26)13(19(27)28)6-25(15)11-2-3-11/h4-6,11,22H,2-3,7-10H2,1H3,(H,27,28)/b23-17+. The Kier molecular flexibility index (Phi) is 3.92. The molecule has 8 nitrogen and oxygen atoms in total. The number of rotatable bonds is 4. The Morgan fingerprint density at radius 3 is 2.72 bits per heavy atom. The SMILES string of the molecule is CO/N=C1\CN(c2cc3c(cc2F)c(=O)c(C(=O)O)cn3C2CC2)CC12CNC2. The Bertz CT molecular complexity index is 1120. The first-order chi connectivity index (χ1) is 13.9. The predicted octanol–water partition coefficient (Wildman–Crippen LogP) is 1.59. The van der Waals surface area contributed by atoms with Gasteiger partial charge in [0.1, 0.15) is 18.5 Å². The van der Waals surface area contributed by atoms with Crippen molar-refractivity contribution in [2.45, 2.75) is 18.9 Å². The second-order valence-corrected chi connectivity index (χ2v) is 8.10. The molecule has 2 N–H and O–H groups in total. The van der Waals surface area contributed by atoms with Crippen molar-refractivity contribution >= 4 is 28.3 Å². The Labute approximate surface area is 165 Å². The van der Waals surface area contributed by atoms with Gasteiger partial charge in [-0.2, -0.15) is 0 Å². The number of hydrogen-bond acceptors (Lipinski definition) is 6. The topological polar surface area (TPSA) is 96.2 Å². The van der Waals surface area contributed by atoms with Crippen LogP contribution in [0.2, 0.25) is 0 Å². The van der Waals surface area contributed by atoms with E-state index in [2.05, 4.69) is 10.5 Å². The van der Waals surface area contributed by atoms with Crippen LogP contribution >= 0.6 is 0 Å². The molecule has 2 aliphatic heterocycles. The molecule has 29 heavy (non-hydrogen) atoms. The molecule has 0 amide bonds. The lowest BCUT2D eigenvalue weighted by Gasteiger charge is -2.38.